The molecule has 1 N–H and O–H groups in total. The first-order chi connectivity index (χ1) is 8.02. The highest BCUT2D eigenvalue weighted by Crippen LogP contribution is 2.38. The molecule has 0 radical (unpaired) electrons. The van der Waals surface area contributed by atoms with Crippen molar-refractivity contribution in [2.24, 2.45) is 0 Å². The Bertz CT molecular complexity index is 368. The lowest BCUT2D eigenvalue weighted by atomic mass is 9.76. The summed E-state index contributed by atoms with van der Waals surface area (Å²) in [6, 6.07) is 1.84. The van der Waals surface area contributed by atoms with Gasteiger partial charge >= 0.3 is 0 Å². The van der Waals surface area contributed by atoms with Crippen LogP contribution in [0.1, 0.15) is 20.3 Å². The first-order valence-electron chi connectivity index (χ1n) is 5.88. The summed E-state index contributed by atoms with van der Waals surface area (Å²) in [6.07, 6.45) is 3.91. The second-order valence-electron chi connectivity index (χ2n) is 4.83. The Morgan fingerprint density at radius 2 is 2.41 bits per heavy atom. The molecule has 1 aliphatic rings. The minimum atomic E-state index is -1.08. The van der Waals surface area contributed by atoms with Crippen LogP contribution in [0.5, 0.6) is 0 Å². The lowest BCUT2D eigenvalue weighted by molar-refractivity contribution is -0.257. The van der Waals surface area contributed by atoms with E-state index in [2.05, 4.69) is 5.10 Å². The van der Waals surface area contributed by atoms with Crippen molar-refractivity contribution in [3.05, 3.63) is 18.5 Å². The molecule has 3 atom stereocenters. The number of ether oxygens (including phenoxy) is 2. The maximum absolute atomic E-state index is 10.9. The van der Waals surface area contributed by atoms with Gasteiger partial charge in [0.05, 0.1) is 12.6 Å². The minimum absolute atomic E-state index is 0.287. The van der Waals surface area contributed by atoms with Crippen LogP contribution in [0.25, 0.3) is 0 Å². The van der Waals surface area contributed by atoms with Gasteiger partial charge in [0, 0.05) is 32.5 Å². The predicted octanol–water partition coefficient (Wildman–Crippen LogP) is 0.828. The predicted molar refractivity (Wildman–Crippen MR) is 62.6 cm³/mol. The van der Waals surface area contributed by atoms with Gasteiger partial charge in [0.25, 0.3) is 0 Å². The summed E-state index contributed by atoms with van der Waals surface area (Å²) in [6.45, 7) is 4.77. The lowest BCUT2D eigenvalue weighted by Gasteiger charge is -2.50. The molecule has 2 rings (SSSR count). The first-order valence-corrected chi connectivity index (χ1v) is 5.88. The molecule has 17 heavy (non-hydrogen) atoms. The van der Waals surface area contributed by atoms with Gasteiger partial charge < -0.3 is 14.6 Å². The van der Waals surface area contributed by atoms with E-state index < -0.39 is 11.2 Å². The van der Waals surface area contributed by atoms with Gasteiger partial charge in [0.2, 0.25) is 0 Å². The van der Waals surface area contributed by atoms with Gasteiger partial charge in [-0.1, -0.05) is 0 Å². The average Bonchev–Trinajstić information content (AvgIpc) is 2.79. The fourth-order valence-corrected chi connectivity index (χ4v) is 2.43. The molecular weight excluding hydrogens is 220 g/mol. The van der Waals surface area contributed by atoms with Crippen LogP contribution in [-0.2, 0) is 16.0 Å². The molecule has 96 valence electrons. The molecule has 0 unspecified atom stereocenters. The summed E-state index contributed by atoms with van der Waals surface area (Å²) < 4.78 is 12.8. The van der Waals surface area contributed by atoms with Crippen LogP contribution in [0.4, 0.5) is 0 Å². The number of methoxy groups -OCH3 is 1. The number of hydrogen-bond acceptors (Lipinski definition) is 4. The molecule has 1 fully saturated rings. The van der Waals surface area contributed by atoms with Crippen LogP contribution in [0.2, 0.25) is 0 Å². The van der Waals surface area contributed by atoms with E-state index in [-0.39, 0.29) is 6.10 Å². The highest BCUT2D eigenvalue weighted by atomic mass is 16.5. The molecule has 5 nitrogen and oxygen atoms in total. The standard InChI is InChI=1S/C12H20N2O3/c1-10-12(15,9-14-7-4-6-13-14)11(2,16-3)5-8-17-10/h4,6-7,10,15H,5,8-9H2,1-3H3/t10-,11+,12-/m0/s1. The van der Waals surface area contributed by atoms with E-state index in [0.29, 0.717) is 19.6 Å². The van der Waals surface area contributed by atoms with Gasteiger partial charge in [-0.05, 0) is 19.9 Å². The van der Waals surface area contributed by atoms with Gasteiger partial charge in [-0.3, -0.25) is 4.68 Å². The van der Waals surface area contributed by atoms with Gasteiger partial charge in [-0.2, -0.15) is 5.10 Å². The van der Waals surface area contributed by atoms with E-state index in [0.717, 1.165) is 0 Å². The van der Waals surface area contributed by atoms with Crippen molar-refractivity contribution >= 4 is 0 Å². The van der Waals surface area contributed by atoms with E-state index in [9.17, 15) is 5.11 Å². The van der Waals surface area contributed by atoms with Crippen molar-refractivity contribution in [2.45, 2.75) is 44.1 Å². The number of hydrogen-bond donors (Lipinski definition) is 1. The van der Waals surface area contributed by atoms with Crippen molar-refractivity contribution in [3.8, 4) is 0 Å². The van der Waals surface area contributed by atoms with Crippen molar-refractivity contribution in [1.82, 2.24) is 9.78 Å². The summed E-state index contributed by atoms with van der Waals surface area (Å²) in [5.74, 6) is 0. The molecule has 0 spiro atoms. The molecule has 5 heteroatoms. The second kappa shape index (κ2) is 4.40. The molecular formula is C12H20N2O3. The molecule has 0 aromatic carbocycles. The zero-order chi connectivity index (χ0) is 12.5. The van der Waals surface area contributed by atoms with Crippen molar-refractivity contribution in [3.63, 3.8) is 0 Å². The Kier molecular flexibility index (Phi) is 3.25. The fourth-order valence-electron chi connectivity index (χ4n) is 2.43. The zero-order valence-electron chi connectivity index (χ0n) is 10.6. The van der Waals surface area contributed by atoms with Crippen molar-refractivity contribution < 1.29 is 14.6 Å². The largest absolute Gasteiger partial charge is 0.382 e. The van der Waals surface area contributed by atoms with Crippen LogP contribution in [0, 0.1) is 0 Å². The molecule has 0 saturated carbocycles. The van der Waals surface area contributed by atoms with E-state index in [1.165, 1.54) is 0 Å². The number of rotatable bonds is 3. The van der Waals surface area contributed by atoms with E-state index >= 15 is 0 Å². The summed E-state index contributed by atoms with van der Waals surface area (Å²) in [5.41, 5.74) is -1.69. The quantitative estimate of drug-likeness (QED) is 0.850. The third-order valence-electron chi connectivity index (χ3n) is 3.95. The van der Waals surface area contributed by atoms with Crippen molar-refractivity contribution in [2.75, 3.05) is 13.7 Å². The number of aromatic nitrogens is 2. The van der Waals surface area contributed by atoms with Crippen LogP contribution >= 0.6 is 0 Å². The number of nitrogens with zero attached hydrogens (tertiary/aromatic N) is 2. The maximum atomic E-state index is 10.9. The molecule has 1 saturated heterocycles. The van der Waals surface area contributed by atoms with Crippen molar-refractivity contribution in [1.29, 1.82) is 0 Å². The smallest absolute Gasteiger partial charge is 0.138 e. The molecule has 1 aliphatic heterocycles. The highest BCUT2D eigenvalue weighted by molar-refractivity contribution is 5.04. The minimum Gasteiger partial charge on any atom is -0.382 e. The summed E-state index contributed by atoms with van der Waals surface area (Å²) >= 11 is 0. The van der Waals surface area contributed by atoms with Gasteiger partial charge in [0.15, 0.2) is 0 Å². The molecule has 1 aromatic rings. The molecule has 1 aromatic heterocycles. The average molecular weight is 240 g/mol. The van der Waals surface area contributed by atoms with Crippen LogP contribution in [0.3, 0.4) is 0 Å². The first kappa shape index (κ1) is 12.5. The summed E-state index contributed by atoms with van der Waals surface area (Å²) in [5, 5.41) is 15.1. The van der Waals surface area contributed by atoms with E-state index in [1.54, 1.807) is 18.0 Å². The monoisotopic (exact) mass is 240 g/mol. The van der Waals surface area contributed by atoms with Crippen LogP contribution in [-0.4, -0.2) is 45.9 Å². The summed E-state index contributed by atoms with van der Waals surface area (Å²) in [4.78, 5) is 0. The Labute approximate surface area is 101 Å². The second-order valence-corrected chi connectivity index (χ2v) is 4.83. The van der Waals surface area contributed by atoms with E-state index in [4.69, 9.17) is 9.47 Å². The zero-order valence-corrected chi connectivity index (χ0v) is 10.6. The third-order valence-corrected chi connectivity index (χ3v) is 3.95. The van der Waals surface area contributed by atoms with Gasteiger partial charge in [-0.25, -0.2) is 0 Å². The molecule has 0 bridgehead atoms. The molecule has 2 heterocycles. The van der Waals surface area contributed by atoms with Gasteiger partial charge in [0.1, 0.15) is 11.2 Å². The topological polar surface area (TPSA) is 56.5 Å². The third kappa shape index (κ3) is 1.99. The number of aliphatic hydroxyl groups is 1. The van der Waals surface area contributed by atoms with Crippen LogP contribution < -0.4 is 0 Å². The Balaban J connectivity index is 2.28. The lowest BCUT2D eigenvalue weighted by Crippen LogP contribution is -2.65. The van der Waals surface area contributed by atoms with E-state index in [1.807, 2.05) is 26.1 Å². The summed E-state index contributed by atoms with van der Waals surface area (Å²) in [7, 11) is 1.63. The Morgan fingerprint density at radius 1 is 1.65 bits per heavy atom. The molecule has 0 aliphatic carbocycles. The van der Waals surface area contributed by atoms with Gasteiger partial charge in [-0.15, -0.1) is 0 Å². The normalized spacial score (nSPS) is 38.2. The SMILES string of the molecule is CO[C@]1(C)CCO[C@@H](C)[C@@]1(O)Cn1cccn1. The molecule has 0 amide bonds. The Hall–Kier alpha value is -0.910. The van der Waals surface area contributed by atoms with Crippen LogP contribution in [0.15, 0.2) is 18.5 Å². The fraction of sp³-hybridized carbons (Fsp3) is 0.750. The Morgan fingerprint density at radius 3 is 3.00 bits per heavy atom. The maximum Gasteiger partial charge on any atom is 0.138 e. The highest BCUT2D eigenvalue weighted by Gasteiger charge is 2.54.